The van der Waals surface area contributed by atoms with Crippen LogP contribution in [-0.4, -0.2) is 71.4 Å². The maximum absolute atomic E-state index is 13.5. The number of aromatic nitrogens is 2. The van der Waals surface area contributed by atoms with Gasteiger partial charge in [0.05, 0.1) is 24.2 Å². The maximum Gasteiger partial charge on any atom is 0.196 e. The lowest BCUT2D eigenvalue weighted by Crippen LogP contribution is -2.29. The number of likely N-dealkylation sites (N-methyl/N-ethyl adjacent to an activating group) is 1. The van der Waals surface area contributed by atoms with Crippen LogP contribution in [0.25, 0.3) is 22.2 Å². The van der Waals surface area contributed by atoms with Gasteiger partial charge in [-0.15, -0.1) is 12.4 Å². The number of ketones is 1. The van der Waals surface area contributed by atoms with Gasteiger partial charge < -0.3 is 20.6 Å². The predicted molar refractivity (Wildman–Crippen MR) is 132 cm³/mol. The van der Waals surface area contributed by atoms with Crippen molar-refractivity contribution in [3.8, 4) is 11.3 Å². The quantitative estimate of drug-likeness (QED) is 0.300. The second kappa shape index (κ2) is 10.9. The lowest BCUT2D eigenvalue weighted by atomic mass is 9.86. The topological polar surface area (TPSA) is 82.4 Å². The predicted octanol–water partition coefficient (Wildman–Crippen LogP) is 3.01. The van der Waals surface area contributed by atoms with Gasteiger partial charge in [-0.25, -0.2) is 0 Å². The number of anilines is 1. The lowest BCUT2D eigenvalue weighted by molar-refractivity contribution is 0.104. The van der Waals surface area contributed by atoms with Crippen LogP contribution in [0.3, 0.4) is 0 Å². The largest absolute Gasteiger partial charge is 0.395 e. The zero-order valence-corrected chi connectivity index (χ0v) is 19.5. The van der Waals surface area contributed by atoms with E-state index in [2.05, 4.69) is 35.4 Å². The Balaban J connectivity index is 0.00000289. The number of fused-ring (bicyclic) bond motifs is 2. The number of nitrogens with zero attached hydrogens (tertiary/aromatic N) is 3. The van der Waals surface area contributed by atoms with E-state index < -0.39 is 0 Å². The van der Waals surface area contributed by atoms with Gasteiger partial charge in [0.1, 0.15) is 5.69 Å². The third-order valence-corrected chi connectivity index (χ3v) is 6.00. The summed E-state index contributed by atoms with van der Waals surface area (Å²) in [7, 11) is 0. The van der Waals surface area contributed by atoms with E-state index in [1.807, 2.05) is 35.0 Å². The Bertz CT molecular complexity index is 1080. The molecule has 3 aromatic rings. The summed E-state index contributed by atoms with van der Waals surface area (Å²) in [5.41, 5.74) is 5.03. The molecule has 0 unspecified atom stereocenters. The van der Waals surface area contributed by atoms with Crippen molar-refractivity contribution in [3.63, 3.8) is 0 Å². The van der Waals surface area contributed by atoms with E-state index in [4.69, 9.17) is 10.2 Å². The van der Waals surface area contributed by atoms with Gasteiger partial charge in [0.2, 0.25) is 0 Å². The van der Waals surface area contributed by atoms with Crippen molar-refractivity contribution >= 4 is 34.8 Å². The molecule has 1 aliphatic carbocycles. The lowest BCUT2D eigenvalue weighted by Gasteiger charge is -2.21. The van der Waals surface area contributed by atoms with Gasteiger partial charge in [-0.05, 0) is 25.2 Å². The molecule has 0 radical (unpaired) electrons. The number of carbonyl (C=O) groups is 1. The van der Waals surface area contributed by atoms with Crippen LogP contribution in [0.1, 0.15) is 29.8 Å². The number of hydrogen-bond donors (Lipinski definition) is 3. The van der Waals surface area contributed by atoms with Crippen LogP contribution in [0, 0.1) is 0 Å². The molecule has 3 N–H and O–H groups in total. The minimum Gasteiger partial charge on any atom is -0.395 e. The summed E-state index contributed by atoms with van der Waals surface area (Å²) < 4.78 is 1.97. The average molecular weight is 458 g/mol. The number of carbonyl (C=O) groups excluding carboxylic acids is 1. The Morgan fingerprint density at radius 1 is 1.03 bits per heavy atom. The van der Waals surface area contributed by atoms with Crippen LogP contribution >= 0.6 is 12.4 Å². The molecule has 0 bridgehead atoms. The molecule has 7 nitrogen and oxygen atoms in total. The summed E-state index contributed by atoms with van der Waals surface area (Å²) in [4.78, 5) is 15.9. The summed E-state index contributed by atoms with van der Waals surface area (Å²) in [5.74, 6) is 0.0528. The van der Waals surface area contributed by atoms with Crippen molar-refractivity contribution in [2.24, 2.45) is 0 Å². The van der Waals surface area contributed by atoms with Crippen LogP contribution in [0.4, 0.5) is 5.69 Å². The van der Waals surface area contributed by atoms with Gasteiger partial charge >= 0.3 is 0 Å². The van der Waals surface area contributed by atoms with E-state index in [-0.39, 0.29) is 24.8 Å². The molecule has 0 spiro atoms. The highest BCUT2D eigenvalue weighted by Gasteiger charge is 2.30. The van der Waals surface area contributed by atoms with Crippen molar-refractivity contribution in [2.45, 2.75) is 20.4 Å². The summed E-state index contributed by atoms with van der Waals surface area (Å²) in [6.07, 6.45) is 0. The molecule has 0 saturated carbocycles. The van der Waals surface area contributed by atoms with Crippen molar-refractivity contribution in [3.05, 3.63) is 47.5 Å². The summed E-state index contributed by atoms with van der Waals surface area (Å²) in [5, 5.41) is 21.5. The van der Waals surface area contributed by atoms with Gasteiger partial charge in [-0.3, -0.25) is 9.48 Å². The molecule has 0 aliphatic heterocycles. The zero-order valence-electron chi connectivity index (χ0n) is 18.7. The maximum atomic E-state index is 13.5. The average Bonchev–Trinajstić information content (AvgIpc) is 3.17. The van der Waals surface area contributed by atoms with Crippen molar-refractivity contribution in [1.82, 2.24) is 20.0 Å². The van der Waals surface area contributed by atoms with Crippen LogP contribution in [-0.2, 0) is 6.54 Å². The van der Waals surface area contributed by atoms with E-state index in [9.17, 15) is 4.79 Å². The highest BCUT2D eigenvalue weighted by Crippen LogP contribution is 2.41. The molecule has 1 heterocycles. The molecule has 0 fully saturated rings. The number of halogens is 1. The Morgan fingerprint density at radius 2 is 1.78 bits per heavy atom. The molecule has 0 amide bonds. The fourth-order valence-corrected chi connectivity index (χ4v) is 4.31. The number of aliphatic hydroxyl groups is 1. The zero-order chi connectivity index (χ0) is 21.8. The Hall–Kier alpha value is -2.45. The van der Waals surface area contributed by atoms with Gasteiger partial charge in [0, 0.05) is 48.4 Å². The molecular formula is C24H32ClN5O2. The number of hydrogen-bond acceptors (Lipinski definition) is 6. The van der Waals surface area contributed by atoms with Gasteiger partial charge in [0.25, 0.3) is 0 Å². The summed E-state index contributed by atoms with van der Waals surface area (Å²) in [6, 6.07) is 11.8. The van der Waals surface area contributed by atoms with Crippen LogP contribution in [0.15, 0.2) is 36.4 Å². The standard InChI is InChI=1S/C24H31N5O2.ClH/c1-3-28(4-2)14-12-26-19-9-10-20-22-21(19)24(31)18-8-6-5-7-17(18)23(22)27-29(20)15-11-25-13-16-30;/h5-10,25-26,30H,3-4,11-16H2,1-2H3;1H. The van der Waals surface area contributed by atoms with Crippen LogP contribution in [0.2, 0.25) is 0 Å². The third-order valence-electron chi connectivity index (χ3n) is 6.00. The Morgan fingerprint density at radius 3 is 2.50 bits per heavy atom. The number of aliphatic hydroxyl groups excluding tert-OH is 1. The minimum atomic E-state index is 0. The third kappa shape index (κ3) is 4.52. The molecule has 32 heavy (non-hydrogen) atoms. The highest BCUT2D eigenvalue weighted by atomic mass is 35.5. The first-order valence-electron chi connectivity index (χ1n) is 11.1. The highest BCUT2D eigenvalue weighted by molar-refractivity contribution is 6.27. The number of benzene rings is 2. The smallest absolute Gasteiger partial charge is 0.196 e. The van der Waals surface area contributed by atoms with Crippen LogP contribution in [0.5, 0.6) is 0 Å². The first kappa shape index (κ1) is 24.2. The van der Waals surface area contributed by atoms with E-state index in [0.717, 1.165) is 59.6 Å². The van der Waals surface area contributed by atoms with Crippen molar-refractivity contribution in [1.29, 1.82) is 0 Å². The Kier molecular flexibility index (Phi) is 8.26. The Labute approximate surface area is 195 Å². The monoisotopic (exact) mass is 457 g/mol. The van der Waals surface area contributed by atoms with Gasteiger partial charge in [-0.2, -0.15) is 5.10 Å². The fraction of sp³-hybridized carbons (Fsp3) is 0.417. The van der Waals surface area contributed by atoms with Crippen molar-refractivity contribution < 1.29 is 9.90 Å². The first-order valence-corrected chi connectivity index (χ1v) is 11.1. The second-order valence-corrected chi connectivity index (χ2v) is 7.76. The normalized spacial score (nSPS) is 12.2. The fourth-order valence-electron chi connectivity index (χ4n) is 4.31. The summed E-state index contributed by atoms with van der Waals surface area (Å²) >= 11 is 0. The first-order chi connectivity index (χ1) is 15.2. The van der Waals surface area contributed by atoms with Gasteiger partial charge in [-0.1, -0.05) is 38.1 Å². The SMILES string of the molecule is CCN(CC)CCNc1ccc2c3c(nn2CCNCCO)-c2ccccc2C(=O)c13.Cl. The second-order valence-electron chi connectivity index (χ2n) is 7.76. The van der Waals surface area contributed by atoms with Crippen LogP contribution < -0.4 is 10.6 Å². The number of nitrogens with one attached hydrogen (secondary N) is 2. The van der Waals surface area contributed by atoms with Crippen molar-refractivity contribution in [2.75, 3.05) is 51.2 Å². The molecule has 1 aromatic heterocycles. The van der Waals surface area contributed by atoms with E-state index in [1.165, 1.54) is 0 Å². The molecule has 4 rings (SSSR count). The molecule has 2 aromatic carbocycles. The van der Waals surface area contributed by atoms with E-state index >= 15 is 0 Å². The molecule has 8 heteroatoms. The summed E-state index contributed by atoms with van der Waals surface area (Å²) in [6.45, 7) is 10.1. The molecule has 0 saturated heterocycles. The minimum absolute atomic E-state index is 0. The van der Waals surface area contributed by atoms with E-state index in [1.54, 1.807) is 0 Å². The molecule has 172 valence electrons. The molecule has 0 atom stereocenters. The number of rotatable bonds is 11. The molecular weight excluding hydrogens is 426 g/mol. The van der Waals surface area contributed by atoms with E-state index in [0.29, 0.717) is 25.2 Å². The molecule has 1 aliphatic rings. The van der Waals surface area contributed by atoms with Gasteiger partial charge in [0.15, 0.2) is 5.78 Å².